The number of benzene rings is 1. The summed E-state index contributed by atoms with van der Waals surface area (Å²) in [5, 5.41) is 3.64. The monoisotopic (exact) mass is 254 g/mol. The largest absolute Gasteiger partial charge is 0.310 e. The number of nitrogens with zero attached hydrogens (tertiary/aromatic N) is 1. The Morgan fingerprint density at radius 2 is 1.95 bits per heavy atom. The van der Waals surface area contributed by atoms with Gasteiger partial charge in [0.05, 0.1) is 0 Å². The Kier molecular flexibility index (Phi) is 5.57. The van der Waals surface area contributed by atoms with Crippen LogP contribution in [0, 0.1) is 0 Å². The van der Waals surface area contributed by atoms with Crippen molar-refractivity contribution in [2.24, 2.45) is 0 Å². The molecule has 1 N–H and O–H groups in total. The maximum Gasteiger partial charge on any atom is 0.0323 e. The Bertz CT molecular complexity index is 453. The van der Waals surface area contributed by atoms with Gasteiger partial charge in [-0.3, -0.25) is 4.98 Å². The van der Waals surface area contributed by atoms with E-state index >= 15 is 0 Å². The molecule has 0 radical (unpaired) electrons. The summed E-state index contributed by atoms with van der Waals surface area (Å²) in [5.74, 6) is 0. The first kappa shape index (κ1) is 13.8. The minimum Gasteiger partial charge on any atom is -0.310 e. The summed E-state index contributed by atoms with van der Waals surface area (Å²) in [6.07, 6.45) is 7.12. The molecule has 0 saturated carbocycles. The Hall–Kier alpha value is -1.67. The average Bonchev–Trinajstić information content (AvgIpc) is 2.49. The van der Waals surface area contributed by atoms with Crippen LogP contribution < -0.4 is 5.32 Å². The first-order valence-electron chi connectivity index (χ1n) is 7.07. The number of aromatic nitrogens is 1. The van der Waals surface area contributed by atoms with Crippen molar-refractivity contribution in [3.05, 3.63) is 66.0 Å². The molecule has 2 heteroatoms. The number of aryl methyl sites for hydroxylation is 1. The number of rotatable bonds is 7. The highest BCUT2D eigenvalue weighted by atomic mass is 14.9. The second kappa shape index (κ2) is 7.70. The van der Waals surface area contributed by atoms with E-state index in [1.165, 1.54) is 11.1 Å². The highest BCUT2D eigenvalue weighted by Gasteiger charge is 2.10. The van der Waals surface area contributed by atoms with Gasteiger partial charge in [-0.25, -0.2) is 0 Å². The molecule has 100 valence electrons. The third-order valence-electron chi connectivity index (χ3n) is 3.29. The molecular formula is C17H22N2. The van der Waals surface area contributed by atoms with Crippen molar-refractivity contribution in [1.29, 1.82) is 0 Å². The molecule has 0 aliphatic carbocycles. The molecular weight excluding hydrogens is 232 g/mol. The van der Waals surface area contributed by atoms with Gasteiger partial charge >= 0.3 is 0 Å². The van der Waals surface area contributed by atoms with Crippen LogP contribution in [0.5, 0.6) is 0 Å². The number of hydrogen-bond acceptors (Lipinski definition) is 2. The van der Waals surface area contributed by atoms with Crippen LogP contribution in [-0.4, -0.2) is 11.5 Å². The highest BCUT2D eigenvalue weighted by molar-refractivity contribution is 5.19. The number of pyridine rings is 1. The lowest BCUT2D eigenvalue weighted by atomic mass is 9.99. The molecule has 1 atom stereocenters. The lowest BCUT2D eigenvalue weighted by molar-refractivity contribution is 0.499. The molecule has 1 heterocycles. The van der Waals surface area contributed by atoms with E-state index in [9.17, 15) is 0 Å². The maximum atomic E-state index is 4.18. The van der Waals surface area contributed by atoms with Crippen LogP contribution in [0.2, 0.25) is 0 Å². The topological polar surface area (TPSA) is 24.9 Å². The van der Waals surface area contributed by atoms with E-state index in [1.54, 1.807) is 0 Å². The molecule has 2 aromatic rings. The van der Waals surface area contributed by atoms with Crippen molar-refractivity contribution in [3.63, 3.8) is 0 Å². The third kappa shape index (κ3) is 4.49. The fourth-order valence-electron chi connectivity index (χ4n) is 2.25. The Balaban J connectivity index is 1.98. The molecule has 0 fully saturated rings. The molecule has 0 saturated heterocycles. The number of nitrogens with one attached hydrogen (secondary N) is 1. The van der Waals surface area contributed by atoms with Crippen molar-refractivity contribution in [2.45, 2.75) is 32.2 Å². The fraction of sp³-hybridized carbons (Fsp3) is 0.353. The Labute approximate surface area is 115 Å². The minimum atomic E-state index is 0.432. The van der Waals surface area contributed by atoms with Crippen LogP contribution in [0.15, 0.2) is 54.9 Å². The molecule has 2 nitrogen and oxygen atoms in total. The summed E-state index contributed by atoms with van der Waals surface area (Å²) in [5.41, 5.74) is 2.68. The van der Waals surface area contributed by atoms with Gasteiger partial charge in [-0.05, 0) is 43.0 Å². The smallest absolute Gasteiger partial charge is 0.0323 e. The molecule has 1 aromatic heterocycles. The van der Waals surface area contributed by atoms with Crippen molar-refractivity contribution >= 4 is 0 Å². The molecule has 0 aliphatic rings. The van der Waals surface area contributed by atoms with Gasteiger partial charge in [0.1, 0.15) is 0 Å². The maximum absolute atomic E-state index is 4.18. The summed E-state index contributed by atoms with van der Waals surface area (Å²) in [7, 11) is 0. The van der Waals surface area contributed by atoms with Crippen LogP contribution in [0.25, 0.3) is 0 Å². The van der Waals surface area contributed by atoms with Gasteiger partial charge in [0.25, 0.3) is 0 Å². The van der Waals surface area contributed by atoms with Gasteiger partial charge in [-0.2, -0.15) is 0 Å². The quantitative estimate of drug-likeness (QED) is 0.814. The minimum absolute atomic E-state index is 0.432. The van der Waals surface area contributed by atoms with Crippen LogP contribution >= 0.6 is 0 Å². The van der Waals surface area contributed by atoms with Gasteiger partial charge in [-0.1, -0.05) is 43.3 Å². The van der Waals surface area contributed by atoms with E-state index in [0.29, 0.717) is 6.04 Å². The Morgan fingerprint density at radius 3 is 2.63 bits per heavy atom. The second-order valence-corrected chi connectivity index (χ2v) is 4.82. The van der Waals surface area contributed by atoms with E-state index in [-0.39, 0.29) is 0 Å². The van der Waals surface area contributed by atoms with Crippen molar-refractivity contribution < 1.29 is 0 Å². The third-order valence-corrected chi connectivity index (χ3v) is 3.29. The molecule has 0 amide bonds. The summed E-state index contributed by atoms with van der Waals surface area (Å²) in [6.45, 7) is 3.27. The normalized spacial score (nSPS) is 12.3. The summed E-state index contributed by atoms with van der Waals surface area (Å²) >= 11 is 0. The first-order chi connectivity index (χ1) is 9.40. The molecule has 2 rings (SSSR count). The molecule has 0 aliphatic heterocycles. The zero-order valence-corrected chi connectivity index (χ0v) is 11.5. The molecule has 1 unspecified atom stereocenters. The van der Waals surface area contributed by atoms with Crippen LogP contribution in [0.4, 0.5) is 0 Å². The summed E-state index contributed by atoms with van der Waals surface area (Å²) in [4.78, 5) is 4.18. The predicted octanol–water partition coefficient (Wildman–Crippen LogP) is 3.76. The van der Waals surface area contributed by atoms with Gasteiger partial charge in [-0.15, -0.1) is 0 Å². The second-order valence-electron chi connectivity index (χ2n) is 4.82. The van der Waals surface area contributed by atoms with Crippen LogP contribution in [-0.2, 0) is 6.42 Å². The molecule has 19 heavy (non-hydrogen) atoms. The van der Waals surface area contributed by atoms with Crippen molar-refractivity contribution in [1.82, 2.24) is 10.3 Å². The molecule has 1 aromatic carbocycles. The Morgan fingerprint density at radius 1 is 1.11 bits per heavy atom. The fourth-order valence-corrected chi connectivity index (χ4v) is 2.25. The van der Waals surface area contributed by atoms with Gasteiger partial charge in [0.15, 0.2) is 0 Å². The molecule has 0 spiro atoms. The van der Waals surface area contributed by atoms with E-state index in [0.717, 1.165) is 25.8 Å². The zero-order valence-electron chi connectivity index (χ0n) is 11.5. The van der Waals surface area contributed by atoms with Gasteiger partial charge < -0.3 is 5.32 Å². The van der Waals surface area contributed by atoms with Gasteiger partial charge in [0.2, 0.25) is 0 Å². The lowest BCUT2D eigenvalue weighted by Gasteiger charge is -2.19. The van der Waals surface area contributed by atoms with E-state index < -0.39 is 0 Å². The van der Waals surface area contributed by atoms with E-state index in [4.69, 9.17) is 0 Å². The summed E-state index contributed by atoms with van der Waals surface area (Å²) in [6, 6.07) is 15.3. The van der Waals surface area contributed by atoms with Crippen LogP contribution in [0.1, 0.15) is 36.9 Å². The number of hydrogen-bond donors (Lipinski definition) is 1. The van der Waals surface area contributed by atoms with Crippen LogP contribution in [0.3, 0.4) is 0 Å². The summed E-state index contributed by atoms with van der Waals surface area (Å²) < 4.78 is 0. The standard InChI is InChI=1S/C17H22N2/c1-2-12-19-17(16-8-4-3-5-9-16)11-10-15-7-6-13-18-14-15/h3-9,13-14,17,19H,2,10-12H2,1H3. The molecule has 0 bridgehead atoms. The zero-order chi connectivity index (χ0) is 13.3. The average molecular weight is 254 g/mol. The van der Waals surface area contributed by atoms with E-state index in [2.05, 4.69) is 53.6 Å². The SMILES string of the molecule is CCCNC(CCc1cccnc1)c1ccccc1. The highest BCUT2D eigenvalue weighted by Crippen LogP contribution is 2.18. The lowest BCUT2D eigenvalue weighted by Crippen LogP contribution is -2.22. The first-order valence-corrected chi connectivity index (χ1v) is 7.07. The van der Waals surface area contributed by atoms with Crippen molar-refractivity contribution in [3.8, 4) is 0 Å². The predicted molar refractivity (Wildman–Crippen MR) is 80.0 cm³/mol. The van der Waals surface area contributed by atoms with Crippen molar-refractivity contribution in [2.75, 3.05) is 6.54 Å². The van der Waals surface area contributed by atoms with Gasteiger partial charge in [0, 0.05) is 18.4 Å². The van der Waals surface area contributed by atoms with E-state index in [1.807, 2.05) is 18.5 Å².